The molecule has 1 aromatic heterocycles. The SMILES string of the molecule is CC1Cc2cc(C(=O)O)sc2N1. The lowest BCUT2D eigenvalue weighted by atomic mass is 10.2. The van der Waals surface area contributed by atoms with Crippen molar-refractivity contribution in [3.63, 3.8) is 0 Å². The molecule has 1 aromatic rings. The molecule has 3 nitrogen and oxygen atoms in total. The monoisotopic (exact) mass is 183 g/mol. The predicted molar refractivity (Wildman–Crippen MR) is 48.1 cm³/mol. The third-order valence-corrected chi connectivity index (χ3v) is 3.02. The first-order valence-electron chi connectivity index (χ1n) is 3.79. The number of thiophene rings is 1. The molecule has 0 bridgehead atoms. The van der Waals surface area contributed by atoms with E-state index in [1.807, 2.05) is 0 Å². The second-order valence-corrected chi connectivity index (χ2v) is 4.07. The van der Waals surface area contributed by atoms with Crippen LogP contribution in [-0.2, 0) is 6.42 Å². The summed E-state index contributed by atoms with van der Waals surface area (Å²) in [6, 6.07) is 2.22. The van der Waals surface area contributed by atoms with Crippen LogP contribution in [0.3, 0.4) is 0 Å². The summed E-state index contributed by atoms with van der Waals surface area (Å²) in [5, 5.41) is 12.9. The molecular weight excluding hydrogens is 174 g/mol. The van der Waals surface area contributed by atoms with Gasteiger partial charge < -0.3 is 10.4 Å². The Kier molecular flexibility index (Phi) is 1.58. The second kappa shape index (κ2) is 2.48. The minimum absolute atomic E-state index is 0.430. The van der Waals surface area contributed by atoms with Crippen molar-refractivity contribution >= 4 is 22.3 Å². The molecule has 0 spiro atoms. The topological polar surface area (TPSA) is 49.3 Å². The number of aromatic carboxylic acids is 1. The molecule has 12 heavy (non-hydrogen) atoms. The van der Waals surface area contributed by atoms with Gasteiger partial charge in [-0.15, -0.1) is 11.3 Å². The van der Waals surface area contributed by atoms with Gasteiger partial charge in [0.25, 0.3) is 0 Å². The molecular formula is C8H9NO2S. The van der Waals surface area contributed by atoms with Crippen LogP contribution < -0.4 is 5.32 Å². The zero-order valence-corrected chi connectivity index (χ0v) is 7.44. The van der Waals surface area contributed by atoms with Crippen LogP contribution in [0.4, 0.5) is 5.00 Å². The van der Waals surface area contributed by atoms with Crippen LogP contribution in [0.15, 0.2) is 6.07 Å². The van der Waals surface area contributed by atoms with Gasteiger partial charge in [-0.1, -0.05) is 0 Å². The van der Waals surface area contributed by atoms with E-state index in [2.05, 4.69) is 12.2 Å². The Hall–Kier alpha value is -1.03. The number of nitrogens with one attached hydrogen (secondary N) is 1. The predicted octanol–water partition coefficient (Wildman–Crippen LogP) is 1.80. The van der Waals surface area contributed by atoms with Gasteiger partial charge in [0, 0.05) is 6.04 Å². The average Bonchev–Trinajstić information content (AvgIpc) is 2.42. The number of anilines is 1. The number of hydrogen-bond acceptors (Lipinski definition) is 3. The van der Waals surface area contributed by atoms with Gasteiger partial charge in [-0.05, 0) is 25.0 Å². The number of rotatable bonds is 1. The first-order chi connectivity index (χ1) is 5.66. The van der Waals surface area contributed by atoms with Crippen molar-refractivity contribution < 1.29 is 9.90 Å². The van der Waals surface area contributed by atoms with Gasteiger partial charge in [-0.25, -0.2) is 4.79 Å². The van der Waals surface area contributed by atoms with Gasteiger partial charge in [0.2, 0.25) is 0 Å². The third kappa shape index (κ3) is 1.08. The smallest absolute Gasteiger partial charge is 0.345 e. The number of hydrogen-bond donors (Lipinski definition) is 2. The van der Waals surface area contributed by atoms with Gasteiger partial charge in [-0.3, -0.25) is 0 Å². The molecule has 1 aliphatic heterocycles. The molecule has 1 unspecified atom stereocenters. The largest absolute Gasteiger partial charge is 0.477 e. The zero-order chi connectivity index (χ0) is 8.72. The van der Waals surface area contributed by atoms with Gasteiger partial charge in [0.15, 0.2) is 0 Å². The molecule has 0 saturated carbocycles. The number of carboxylic acids is 1. The summed E-state index contributed by atoms with van der Waals surface area (Å²) in [5.74, 6) is -0.830. The second-order valence-electron chi connectivity index (χ2n) is 3.02. The van der Waals surface area contributed by atoms with Crippen LogP contribution >= 0.6 is 11.3 Å². The van der Waals surface area contributed by atoms with E-state index >= 15 is 0 Å². The molecule has 4 heteroatoms. The van der Waals surface area contributed by atoms with Crippen LogP contribution in [0.1, 0.15) is 22.2 Å². The lowest BCUT2D eigenvalue weighted by Crippen LogP contribution is -2.08. The van der Waals surface area contributed by atoms with Gasteiger partial charge >= 0.3 is 5.97 Å². The first-order valence-corrected chi connectivity index (χ1v) is 4.61. The van der Waals surface area contributed by atoms with E-state index in [4.69, 9.17) is 5.11 Å². The molecule has 2 N–H and O–H groups in total. The van der Waals surface area contributed by atoms with E-state index in [-0.39, 0.29) is 0 Å². The van der Waals surface area contributed by atoms with E-state index in [1.165, 1.54) is 11.3 Å². The Morgan fingerprint density at radius 2 is 2.58 bits per heavy atom. The number of carboxylic acid groups (broad SMARTS) is 1. The Bertz CT molecular complexity index is 308. The highest BCUT2D eigenvalue weighted by molar-refractivity contribution is 7.18. The van der Waals surface area contributed by atoms with Crippen molar-refractivity contribution in [1.29, 1.82) is 0 Å². The van der Waals surface area contributed by atoms with Crippen molar-refractivity contribution in [1.82, 2.24) is 0 Å². The van der Waals surface area contributed by atoms with Gasteiger partial charge in [0.05, 0.1) is 5.00 Å². The van der Waals surface area contributed by atoms with E-state index < -0.39 is 5.97 Å². The molecule has 2 heterocycles. The fourth-order valence-electron chi connectivity index (χ4n) is 1.41. The molecule has 0 saturated heterocycles. The molecule has 2 rings (SSSR count). The van der Waals surface area contributed by atoms with Crippen molar-refractivity contribution in [2.24, 2.45) is 0 Å². The Morgan fingerprint density at radius 1 is 1.83 bits per heavy atom. The maximum Gasteiger partial charge on any atom is 0.345 e. The first kappa shape index (κ1) is 7.61. The molecule has 0 aliphatic carbocycles. The summed E-state index contributed by atoms with van der Waals surface area (Å²) in [6.45, 7) is 2.09. The highest BCUT2D eigenvalue weighted by atomic mass is 32.1. The molecule has 0 radical (unpaired) electrons. The lowest BCUT2D eigenvalue weighted by molar-refractivity contribution is 0.0702. The fraction of sp³-hybridized carbons (Fsp3) is 0.375. The Balaban J connectivity index is 2.34. The van der Waals surface area contributed by atoms with Gasteiger partial charge in [0.1, 0.15) is 4.88 Å². The maximum atomic E-state index is 10.6. The van der Waals surface area contributed by atoms with Crippen molar-refractivity contribution in [3.8, 4) is 0 Å². The fourth-order valence-corrected chi connectivity index (χ4v) is 2.45. The van der Waals surface area contributed by atoms with Gasteiger partial charge in [-0.2, -0.15) is 0 Å². The zero-order valence-electron chi connectivity index (χ0n) is 6.63. The summed E-state index contributed by atoms with van der Waals surface area (Å²) >= 11 is 1.32. The van der Waals surface area contributed by atoms with Crippen LogP contribution in [0.5, 0.6) is 0 Å². The quantitative estimate of drug-likeness (QED) is 0.698. The summed E-state index contributed by atoms with van der Waals surface area (Å²) in [7, 11) is 0. The van der Waals surface area contributed by atoms with Crippen LogP contribution in [0.2, 0.25) is 0 Å². The number of carbonyl (C=O) groups is 1. The maximum absolute atomic E-state index is 10.6. The van der Waals surface area contributed by atoms with Crippen molar-refractivity contribution in [2.75, 3.05) is 5.32 Å². The highest BCUT2D eigenvalue weighted by Gasteiger charge is 2.21. The minimum Gasteiger partial charge on any atom is -0.477 e. The lowest BCUT2D eigenvalue weighted by Gasteiger charge is -2.00. The average molecular weight is 183 g/mol. The van der Waals surface area contributed by atoms with E-state index in [0.29, 0.717) is 10.9 Å². The third-order valence-electron chi connectivity index (χ3n) is 1.92. The molecule has 1 atom stereocenters. The van der Waals surface area contributed by atoms with E-state index in [1.54, 1.807) is 6.07 Å². The molecule has 0 amide bonds. The summed E-state index contributed by atoms with van der Waals surface area (Å²) in [4.78, 5) is 11.0. The number of fused-ring (bicyclic) bond motifs is 1. The van der Waals surface area contributed by atoms with Crippen LogP contribution in [0, 0.1) is 0 Å². The molecule has 0 aromatic carbocycles. The van der Waals surface area contributed by atoms with E-state index in [9.17, 15) is 4.79 Å². The Labute approximate surface area is 74.0 Å². The van der Waals surface area contributed by atoms with Crippen LogP contribution in [0.25, 0.3) is 0 Å². The van der Waals surface area contributed by atoms with Crippen molar-refractivity contribution in [3.05, 3.63) is 16.5 Å². The van der Waals surface area contributed by atoms with E-state index in [0.717, 1.165) is 17.0 Å². The Morgan fingerprint density at radius 3 is 3.17 bits per heavy atom. The normalized spacial score (nSPS) is 20.2. The summed E-state index contributed by atoms with van der Waals surface area (Å²) in [5.41, 5.74) is 1.14. The minimum atomic E-state index is -0.830. The molecule has 0 fully saturated rings. The van der Waals surface area contributed by atoms with Crippen molar-refractivity contribution in [2.45, 2.75) is 19.4 Å². The molecule has 1 aliphatic rings. The summed E-state index contributed by atoms with van der Waals surface area (Å²) < 4.78 is 0. The highest BCUT2D eigenvalue weighted by Crippen LogP contribution is 2.34. The molecule has 64 valence electrons. The van der Waals surface area contributed by atoms with Crippen LogP contribution in [-0.4, -0.2) is 17.1 Å². The summed E-state index contributed by atoms with van der Waals surface area (Å²) in [6.07, 6.45) is 0.944. The standard InChI is InChI=1S/C8H9NO2S/c1-4-2-5-3-6(8(10)11)12-7(5)9-4/h3-4,9H,2H2,1H3,(H,10,11).